The quantitative estimate of drug-likeness (QED) is 0.665. The van der Waals surface area contributed by atoms with Crippen LogP contribution in [0.1, 0.15) is 35.7 Å². The maximum atomic E-state index is 12.1. The molecule has 128 valence electrons. The average Bonchev–Trinajstić information content (AvgIpc) is 3.06. The second kappa shape index (κ2) is 7.17. The molecule has 0 aromatic heterocycles. The Bertz CT molecular complexity index is 828. The molecule has 2 aromatic rings. The Morgan fingerprint density at radius 1 is 1.16 bits per heavy atom. The maximum Gasteiger partial charge on any atom is 0.271 e. The normalized spacial score (nSPS) is 14.7. The minimum Gasteiger partial charge on any atom is -0.508 e. The van der Waals surface area contributed by atoms with Gasteiger partial charge in [-0.3, -0.25) is 9.59 Å². The maximum absolute atomic E-state index is 12.1. The van der Waals surface area contributed by atoms with Crippen molar-refractivity contribution in [3.05, 3.63) is 59.7 Å². The molecular formula is C19H19N3O3. The number of nitrogens with one attached hydrogen (secondary N) is 1. The molecule has 1 aliphatic rings. The van der Waals surface area contributed by atoms with Gasteiger partial charge in [-0.15, -0.1) is 0 Å². The van der Waals surface area contributed by atoms with Crippen LogP contribution in [-0.4, -0.2) is 29.2 Å². The standard InChI is InChI=1S/C19H19N3O3/c1-13(20-21-19(25)14-7-9-17(23)10-8-14)15-4-2-5-16(12-15)22-11-3-6-18(22)24/h2,4-5,7-10,12,23H,3,6,11H2,1H3,(H,21,25)/b20-13-. The van der Waals surface area contributed by atoms with Crippen LogP contribution in [-0.2, 0) is 4.79 Å². The molecular weight excluding hydrogens is 318 g/mol. The van der Waals surface area contributed by atoms with Crippen molar-refractivity contribution in [1.82, 2.24) is 5.43 Å². The molecule has 2 N–H and O–H groups in total. The van der Waals surface area contributed by atoms with Crippen molar-refractivity contribution >= 4 is 23.2 Å². The number of carbonyl (C=O) groups is 2. The summed E-state index contributed by atoms with van der Waals surface area (Å²) < 4.78 is 0. The van der Waals surface area contributed by atoms with Crippen LogP contribution in [0.4, 0.5) is 5.69 Å². The Morgan fingerprint density at radius 2 is 1.92 bits per heavy atom. The number of carbonyl (C=O) groups excluding carboxylic acids is 2. The molecule has 1 aliphatic heterocycles. The van der Waals surface area contributed by atoms with E-state index in [0.29, 0.717) is 17.7 Å². The Labute approximate surface area is 145 Å². The number of amides is 2. The summed E-state index contributed by atoms with van der Waals surface area (Å²) in [7, 11) is 0. The molecule has 0 aliphatic carbocycles. The number of aromatic hydroxyl groups is 1. The first-order valence-electron chi connectivity index (χ1n) is 8.09. The second-order valence-electron chi connectivity index (χ2n) is 5.88. The highest BCUT2D eigenvalue weighted by Gasteiger charge is 2.21. The smallest absolute Gasteiger partial charge is 0.271 e. The molecule has 0 atom stereocenters. The van der Waals surface area contributed by atoms with E-state index in [9.17, 15) is 14.7 Å². The Balaban J connectivity index is 1.72. The summed E-state index contributed by atoms with van der Waals surface area (Å²) in [5.74, 6) is -0.123. The lowest BCUT2D eigenvalue weighted by atomic mass is 10.1. The summed E-state index contributed by atoms with van der Waals surface area (Å²) in [5, 5.41) is 13.4. The van der Waals surface area contributed by atoms with Crippen LogP contribution in [0.5, 0.6) is 5.75 Å². The van der Waals surface area contributed by atoms with E-state index in [1.807, 2.05) is 24.3 Å². The molecule has 6 heteroatoms. The van der Waals surface area contributed by atoms with Gasteiger partial charge >= 0.3 is 0 Å². The lowest BCUT2D eigenvalue weighted by molar-refractivity contribution is -0.117. The number of anilines is 1. The van der Waals surface area contributed by atoms with Crippen molar-refractivity contribution in [2.24, 2.45) is 5.10 Å². The second-order valence-corrected chi connectivity index (χ2v) is 5.88. The number of hydrogen-bond acceptors (Lipinski definition) is 4. The fourth-order valence-corrected chi connectivity index (χ4v) is 2.70. The van der Waals surface area contributed by atoms with Crippen LogP contribution in [0.15, 0.2) is 53.6 Å². The fraction of sp³-hybridized carbons (Fsp3) is 0.211. The van der Waals surface area contributed by atoms with Crippen LogP contribution in [0, 0.1) is 0 Å². The molecule has 0 spiro atoms. The molecule has 25 heavy (non-hydrogen) atoms. The number of nitrogens with zero attached hydrogens (tertiary/aromatic N) is 2. The minimum absolute atomic E-state index is 0.101. The summed E-state index contributed by atoms with van der Waals surface area (Å²) in [4.78, 5) is 25.7. The third-order valence-electron chi connectivity index (χ3n) is 4.10. The van der Waals surface area contributed by atoms with Gasteiger partial charge in [0.2, 0.25) is 5.91 Å². The van der Waals surface area contributed by atoms with E-state index < -0.39 is 0 Å². The van der Waals surface area contributed by atoms with E-state index in [2.05, 4.69) is 10.5 Å². The lowest BCUT2D eigenvalue weighted by Crippen LogP contribution is -2.24. The minimum atomic E-state index is -0.356. The van der Waals surface area contributed by atoms with Gasteiger partial charge in [0.15, 0.2) is 0 Å². The molecule has 1 fully saturated rings. The zero-order valence-corrected chi connectivity index (χ0v) is 13.9. The molecule has 1 saturated heterocycles. The summed E-state index contributed by atoms with van der Waals surface area (Å²) >= 11 is 0. The molecule has 0 bridgehead atoms. The van der Waals surface area contributed by atoms with Gasteiger partial charge in [0, 0.05) is 24.2 Å². The first-order valence-corrected chi connectivity index (χ1v) is 8.09. The van der Waals surface area contributed by atoms with Crippen LogP contribution >= 0.6 is 0 Å². The van der Waals surface area contributed by atoms with Gasteiger partial charge in [0.25, 0.3) is 5.91 Å². The lowest BCUT2D eigenvalue weighted by Gasteiger charge is -2.16. The van der Waals surface area contributed by atoms with Crippen LogP contribution < -0.4 is 10.3 Å². The van der Waals surface area contributed by atoms with E-state index in [0.717, 1.165) is 24.2 Å². The fourth-order valence-electron chi connectivity index (χ4n) is 2.70. The summed E-state index contributed by atoms with van der Waals surface area (Å²) in [6.07, 6.45) is 1.46. The van der Waals surface area contributed by atoms with Crippen molar-refractivity contribution in [1.29, 1.82) is 0 Å². The molecule has 0 unspecified atom stereocenters. The number of phenols is 1. The third kappa shape index (κ3) is 3.85. The molecule has 0 saturated carbocycles. The van der Waals surface area contributed by atoms with Crippen molar-refractivity contribution in [3.63, 3.8) is 0 Å². The first-order chi connectivity index (χ1) is 12.0. The molecule has 2 amide bonds. The van der Waals surface area contributed by atoms with Gasteiger partial charge in [-0.2, -0.15) is 5.10 Å². The molecule has 0 radical (unpaired) electrons. The number of hydrazone groups is 1. The van der Waals surface area contributed by atoms with Gasteiger partial charge in [0.1, 0.15) is 5.75 Å². The van der Waals surface area contributed by atoms with Gasteiger partial charge < -0.3 is 10.0 Å². The Morgan fingerprint density at radius 3 is 2.60 bits per heavy atom. The number of hydrogen-bond donors (Lipinski definition) is 2. The Hall–Kier alpha value is -3.15. The van der Waals surface area contributed by atoms with Gasteiger partial charge in [-0.05, 0) is 55.3 Å². The van der Waals surface area contributed by atoms with Crippen molar-refractivity contribution in [3.8, 4) is 5.75 Å². The van der Waals surface area contributed by atoms with Gasteiger partial charge in [-0.1, -0.05) is 12.1 Å². The zero-order chi connectivity index (χ0) is 17.8. The number of rotatable bonds is 4. The van der Waals surface area contributed by atoms with E-state index in [-0.39, 0.29) is 17.6 Å². The molecule has 3 rings (SSSR count). The topological polar surface area (TPSA) is 82.0 Å². The van der Waals surface area contributed by atoms with E-state index in [4.69, 9.17) is 0 Å². The monoisotopic (exact) mass is 337 g/mol. The number of phenolic OH excluding ortho intramolecular Hbond substituents is 1. The van der Waals surface area contributed by atoms with Gasteiger partial charge in [-0.25, -0.2) is 5.43 Å². The van der Waals surface area contributed by atoms with Crippen LogP contribution in [0.3, 0.4) is 0 Å². The largest absolute Gasteiger partial charge is 0.508 e. The van der Waals surface area contributed by atoms with E-state index >= 15 is 0 Å². The first kappa shape index (κ1) is 16.7. The van der Waals surface area contributed by atoms with Crippen molar-refractivity contribution < 1.29 is 14.7 Å². The molecule has 1 heterocycles. The summed E-state index contributed by atoms with van der Waals surface area (Å²) in [6, 6.07) is 13.5. The van der Waals surface area contributed by atoms with Crippen molar-refractivity contribution in [2.75, 3.05) is 11.4 Å². The summed E-state index contributed by atoms with van der Waals surface area (Å²) in [5.41, 5.74) is 5.23. The number of benzene rings is 2. The Kier molecular flexibility index (Phi) is 4.79. The highest BCUT2D eigenvalue weighted by Crippen LogP contribution is 2.22. The highest BCUT2D eigenvalue weighted by atomic mass is 16.3. The van der Waals surface area contributed by atoms with Crippen molar-refractivity contribution in [2.45, 2.75) is 19.8 Å². The third-order valence-corrected chi connectivity index (χ3v) is 4.10. The predicted molar refractivity (Wildman–Crippen MR) is 95.8 cm³/mol. The average molecular weight is 337 g/mol. The molecule has 2 aromatic carbocycles. The zero-order valence-electron chi connectivity index (χ0n) is 13.9. The predicted octanol–water partition coefficient (Wildman–Crippen LogP) is 2.67. The molecule has 6 nitrogen and oxygen atoms in total. The van der Waals surface area contributed by atoms with Gasteiger partial charge in [0.05, 0.1) is 5.71 Å². The summed E-state index contributed by atoms with van der Waals surface area (Å²) in [6.45, 7) is 2.53. The SMILES string of the molecule is C/C(=N/NC(=O)c1ccc(O)cc1)c1cccc(N2CCCC2=O)c1. The van der Waals surface area contributed by atoms with E-state index in [1.54, 1.807) is 11.8 Å². The van der Waals surface area contributed by atoms with Crippen LogP contribution in [0.2, 0.25) is 0 Å². The van der Waals surface area contributed by atoms with E-state index in [1.165, 1.54) is 24.3 Å². The highest BCUT2D eigenvalue weighted by molar-refractivity contribution is 6.02. The van der Waals surface area contributed by atoms with Crippen LogP contribution in [0.25, 0.3) is 0 Å².